The number of quaternary nitrogens is 1. The summed E-state index contributed by atoms with van der Waals surface area (Å²) in [5, 5.41) is 9.68. The zero-order valence-electron chi connectivity index (χ0n) is 43.0. The Morgan fingerprint density at radius 2 is 0.806 bits per heavy atom. The number of carbonyl (C=O) groups is 3. The molecule has 0 rings (SSSR count). The van der Waals surface area contributed by atoms with Gasteiger partial charge in [0.25, 0.3) is 6.29 Å². The zero-order valence-corrected chi connectivity index (χ0v) is 43.0. The van der Waals surface area contributed by atoms with Gasteiger partial charge in [0.05, 0.1) is 34.4 Å². The van der Waals surface area contributed by atoms with Crippen molar-refractivity contribution in [3.8, 4) is 0 Å². The number of rotatable bonds is 46. The van der Waals surface area contributed by atoms with E-state index in [9.17, 15) is 19.5 Å². The molecule has 0 amide bonds. The van der Waals surface area contributed by atoms with Crippen LogP contribution in [-0.2, 0) is 33.3 Å². The van der Waals surface area contributed by atoms with Crippen molar-refractivity contribution in [1.82, 2.24) is 0 Å². The van der Waals surface area contributed by atoms with Crippen LogP contribution in [0.1, 0.15) is 181 Å². The van der Waals surface area contributed by atoms with E-state index in [1.54, 1.807) is 0 Å². The lowest BCUT2D eigenvalue weighted by Crippen LogP contribution is -2.40. The summed E-state index contributed by atoms with van der Waals surface area (Å²) in [7, 11) is 5.94. The summed E-state index contributed by atoms with van der Waals surface area (Å²) in [5.74, 6) is -2.05. The van der Waals surface area contributed by atoms with Crippen molar-refractivity contribution >= 4 is 17.9 Å². The molecule has 9 heteroatoms. The third-order valence-corrected chi connectivity index (χ3v) is 10.5. The maximum absolute atomic E-state index is 12.8. The maximum Gasteiger partial charge on any atom is 0.361 e. The van der Waals surface area contributed by atoms with Crippen molar-refractivity contribution in [3.63, 3.8) is 0 Å². The molecule has 380 valence electrons. The lowest BCUT2D eigenvalue weighted by molar-refractivity contribution is -0.870. The number of carboxylic acids is 1. The number of aliphatic carboxylic acids is 1. The lowest BCUT2D eigenvalue weighted by Gasteiger charge is -2.25. The molecule has 2 unspecified atom stereocenters. The normalized spacial score (nSPS) is 13.7. The van der Waals surface area contributed by atoms with E-state index in [2.05, 4.69) is 123 Å². The molecular formula is C58H96NO8+. The summed E-state index contributed by atoms with van der Waals surface area (Å²) < 4.78 is 22.8. The smallest absolute Gasteiger partial charge is 0.361 e. The molecule has 2 atom stereocenters. The Labute approximate surface area is 409 Å². The molecule has 0 aliphatic carbocycles. The summed E-state index contributed by atoms with van der Waals surface area (Å²) in [6.07, 6.45) is 62.9. The Hall–Kier alpha value is -4.05. The Morgan fingerprint density at radius 3 is 1.19 bits per heavy atom. The Kier molecular flexibility index (Phi) is 45.5. The topological polar surface area (TPSA) is 108 Å². The first-order chi connectivity index (χ1) is 32.6. The fraction of sp³-hybridized carbons (Fsp3) is 0.638. The second-order valence-corrected chi connectivity index (χ2v) is 18.1. The van der Waals surface area contributed by atoms with Crippen molar-refractivity contribution < 1.29 is 42.9 Å². The van der Waals surface area contributed by atoms with E-state index in [-0.39, 0.29) is 38.6 Å². The van der Waals surface area contributed by atoms with Crippen LogP contribution in [0, 0.1) is 0 Å². The fourth-order valence-corrected chi connectivity index (χ4v) is 6.56. The van der Waals surface area contributed by atoms with Gasteiger partial charge >= 0.3 is 17.9 Å². The van der Waals surface area contributed by atoms with Crippen LogP contribution in [-0.4, -0.2) is 87.4 Å². The molecule has 0 aromatic rings. The molecule has 0 radical (unpaired) electrons. The van der Waals surface area contributed by atoms with Crippen LogP contribution in [0.5, 0.6) is 0 Å². The monoisotopic (exact) mass is 935 g/mol. The van der Waals surface area contributed by atoms with E-state index in [4.69, 9.17) is 18.9 Å². The van der Waals surface area contributed by atoms with Gasteiger partial charge in [0.2, 0.25) is 0 Å². The van der Waals surface area contributed by atoms with Gasteiger partial charge in [0.15, 0.2) is 6.10 Å². The molecule has 0 saturated carbocycles. The zero-order chi connectivity index (χ0) is 49.2. The van der Waals surface area contributed by atoms with Crippen LogP contribution in [0.4, 0.5) is 0 Å². The molecule has 0 aromatic heterocycles. The highest BCUT2D eigenvalue weighted by Crippen LogP contribution is 2.13. The highest BCUT2D eigenvalue weighted by atomic mass is 16.7. The number of carbonyl (C=O) groups excluding carboxylic acids is 2. The van der Waals surface area contributed by atoms with Gasteiger partial charge in [-0.2, -0.15) is 0 Å². The Balaban J connectivity index is 4.41. The Bertz CT molecular complexity index is 1460. The van der Waals surface area contributed by atoms with E-state index < -0.39 is 24.3 Å². The highest BCUT2D eigenvalue weighted by molar-refractivity contribution is 5.71. The van der Waals surface area contributed by atoms with Gasteiger partial charge in [-0.3, -0.25) is 9.59 Å². The molecule has 0 fully saturated rings. The lowest BCUT2D eigenvalue weighted by atomic mass is 10.1. The van der Waals surface area contributed by atoms with E-state index in [0.29, 0.717) is 17.4 Å². The molecule has 0 heterocycles. The quantitative estimate of drug-likeness (QED) is 0.0211. The molecule has 0 bridgehead atoms. The van der Waals surface area contributed by atoms with Crippen molar-refractivity contribution in [1.29, 1.82) is 0 Å². The predicted octanol–water partition coefficient (Wildman–Crippen LogP) is 14.8. The molecule has 1 N–H and O–H groups in total. The predicted molar refractivity (Wildman–Crippen MR) is 281 cm³/mol. The average Bonchev–Trinajstić information content (AvgIpc) is 3.29. The van der Waals surface area contributed by atoms with Crippen LogP contribution in [0.2, 0.25) is 0 Å². The standard InChI is InChI=1S/C58H95NO8/c1-6-8-10-12-14-16-18-20-22-24-26-27-28-29-31-33-35-37-39-41-43-45-47-49-56(61)67-54(53-66-58(57(62)63)64-51-50-59(3,4)5)52-65-55(60)48-46-44-42-40-38-36-34-32-30-25-23-21-19-17-15-13-11-9-7-2/h8-11,14-17,20-23,26-27,29-32,54,58H,6-7,12-13,18-19,24-25,28,33-53H2,1-5H3/p+1/b10-8-,11-9-,16-14-,17-15-,22-20-,23-21-,27-26-,31-29-,32-30-. The average molecular weight is 935 g/mol. The number of hydrogen-bond donors (Lipinski definition) is 1. The molecule has 0 aliphatic rings. The first kappa shape index (κ1) is 63.0. The number of unbranched alkanes of at least 4 members (excludes halogenated alkanes) is 13. The van der Waals surface area contributed by atoms with Crippen LogP contribution >= 0.6 is 0 Å². The Morgan fingerprint density at radius 1 is 0.448 bits per heavy atom. The van der Waals surface area contributed by atoms with Crippen molar-refractivity contribution in [2.24, 2.45) is 0 Å². The minimum absolute atomic E-state index is 0.176. The van der Waals surface area contributed by atoms with Gasteiger partial charge < -0.3 is 28.5 Å². The number of likely N-dealkylation sites (N-methyl/N-ethyl adjacent to an activating group) is 1. The van der Waals surface area contributed by atoms with Crippen LogP contribution < -0.4 is 0 Å². The van der Waals surface area contributed by atoms with Crippen molar-refractivity contribution in [2.75, 3.05) is 47.5 Å². The number of allylic oxidation sites excluding steroid dienone is 18. The summed E-state index contributed by atoms with van der Waals surface area (Å²) in [5.41, 5.74) is 0. The highest BCUT2D eigenvalue weighted by Gasteiger charge is 2.25. The fourth-order valence-electron chi connectivity index (χ4n) is 6.56. The SMILES string of the molecule is CC/C=C\C/C=C\C/C=C\C/C=C\C/C=C\CCCCCCCCCC(=O)OC(COC(=O)CCCCCCCC/C=C\C/C=C\C/C=C\C/C=C\CC)COC(OCC[N+](C)(C)C)C(=O)O. The van der Waals surface area contributed by atoms with E-state index in [1.807, 2.05) is 21.1 Å². The first-order valence-electron chi connectivity index (χ1n) is 26.1. The van der Waals surface area contributed by atoms with E-state index in [0.717, 1.165) is 128 Å². The van der Waals surface area contributed by atoms with Crippen molar-refractivity contribution in [3.05, 3.63) is 109 Å². The summed E-state index contributed by atoms with van der Waals surface area (Å²) in [4.78, 5) is 37.3. The van der Waals surface area contributed by atoms with Crippen LogP contribution in [0.15, 0.2) is 109 Å². The molecule has 0 spiro atoms. The molecule has 0 aromatic carbocycles. The van der Waals surface area contributed by atoms with Gasteiger partial charge in [-0.15, -0.1) is 0 Å². The van der Waals surface area contributed by atoms with Gasteiger partial charge in [-0.1, -0.05) is 181 Å². The van der Waals surface area contributed by atoms with E-state index >= 15 is 0 Å². The third kappa shape index (κ3) is 49.7. The molecule has 0 aliphatic heterocycles. The molecular weight excluding hydrogens is 839 g/mol. The molecule has 67 heavy (non-hydrogen) atoms. The molecule has 9 nitrogen and oxygen atoms in total. The molecule has 0 saturated heterocycles. The van der Waals surface area contributed by atoms with Gasteiger partial charge in [0.1, 0.15) is 13.2 Å². The summed E-state index contributed by atoms with van der Waals surface area (Å²) in [6, 6.07) is 0. The number of carboxylic acid groups (broad SMARTS) is 1. The second-order valence-electron chi connectivity index (χ2n) is 18.1. The summed E-state index contributed by atoms with van der Waals surface area (Å²) >= 11 is 0. The minimum Gasteiger partial charge on any atom is -0.477 e. The minimum atomic E-state index is -1.52. The summed E-state index contributed by atoms with van der Waals surface area (Å²) in [6.45, 7) is 4.60. The first-order valence-corrected chi connectivity index (χ1v) is 26.1. The number of esters is 2. The van der Waals surface area contributed by atoms with Crippen LogP contribution in [0.25, 0.3) is 0 Å². The van der Waals surface area contributed by atoms with Gasteiger partial charge in [0, 0.05) is 12.8 Å². The number of hydrogen-bond acceptors (Lipinski definition) is 7. The van der Waals surface area contributed by atoms with E-state index in [1.165, 1.54) is 19.3 Å². The van der Waals surface area contributed by atoms with Gasteiger partial charge in [-0.05, 0) is 96.3 Å². The maximum atomic E-state index is 12.8. The van der Waals surface area contributed by atoms with Crippen LogP contribution in [0.3, 0.4) is 0 Å². The number of ether oxygens (including phenoxy) is 4. The number of nitrogens with zero attached hydrogens (tertiary/aromatic N) is 1. The largest absolute Gasteiger partial charge is 0.477 e. The van der Waals surface area contributed by atoms with Gasteiger partial charge in [-0.25, -0.2) is 4.79 Å². The second kappa shape index (κ2) is 48.4. The van der Waals surface area contributed by atoms with Crippen molar-refractivity contribution in [2.45, 2.75) is 193 Å². The third-order valence-electron chi connectivity index (χ3n) is 10.5.